The minimum absolute atomic E-state index is 0.108. The first kappa shape index (κ1) is 17.6. The monoisotopic (exact) mass is 340 g/mol. The maximum Gasteiger partial charge on any atom is 0.500 e. The molecule has 1 aromatic rings. The number of benzene rings is 1. The highest BCUT2D eigenvalue weighted by atomic mass is 19.1. The summed E-state index contributed by atoms with van der Waals surface area (Å²) in [5, 5.41) is 0. The van der Waals surface area contributed by atoms with Crippen molar-refractivity contribution in [1.82, 2.24) is 0 Å². The van der Waals surface area contributed by atoms with Crippen molar-refractivity contribution < 1.29 is 27.6 Å². The number of hydrogen-bond acceptors (Lipinski definition) is 4. The average Bonchev–Trinajstić information content (AvgIpc) is 2.67. The third-order valence-corrected chi connectivity index (χ3v) is 4.95. The molecule has 1 atom stereocenters. The van der Waals surface area contributed by atoms with E-state index in [2.05, 4.69) is 0 Å². The van der Waals surface area contributed by atoms with Gasteiger partial charge >= 0.3 is 7.12 Å². The normalized spacial score (nSPS) is 25.8. The van der Waals surface area contributed by atoms with Crippen molar-refractivity contribution in [3.63, 3.8) is 0 Å². The Morgan fingerprint density at radius 3 is 2.12 bits per heavy atom. The molecule has 7 heteroatoms. The molecule has 24 heavy (non-hydrogen) atoms. The van der Waals surface area contributed by atoms with E-state index in [4.69, 9.17) is 18.8 Å². The fraction of sp³-hybridized carbons (Fsp3) is 0.647. The van der Waals surface area contributed by atoms with Gasteiger partial charge in [0.05, 0.1) is 23.3 Å². The van der Waals surface area contributed by atoms with Crippen molar-refractivity contribution in [3.05, 3.63) is 23.8 Å². The lowest BCUT2D eigenvalue weighted by Gasteiger charge is -2.32. The Bertz CT molecular complexity index is 576. The van der Waals surface area contributed by atoms with Crippen molar-refractivity contribution in [2.75, 3.05) is 6.61 Å². The van der Waals surface area contributed by atoms with E-state index in [1.807, 2.05) is 27.7 Å². The van der Waals surface area contributed by atoms with Crippen LogP contribution in [-0.4, -0.2) is 31.2 Å². The van der Waals surface area contributed by atoms with Gasteiger partial charge in [-0.25, -0.2) is 8.78 Å². The third-order valence-electron chi connectivity index (χ3n) is 4.95. The predicted molar refractivity (Wildman–Crippen MR) is 86.3 cm³/mol. The van der Waals surface area contributed by atoms with Crippen molar-refractivity contribution in [2.24, 2.45) is 0 Å². The zero-order valence-corrected chi connectivity index (χ0v) is 14.5. The van der Waals surface area contributed by atoms with E-state index in [0.717, 1.165) is 25.0 Å². The van der Waals surface area contributed by atoms with Gasteiger partial charge in [-0.05, 0) is 40.5 Å². The second-order valence-electron chi connectivity index (χ2n) is 7.30. The second kappa shape index (κ2) is 6.28. The van der Waals surface area contributed by atoms with Gasteiger partial charge in [0.1, 0.15) is 17.4 Å². The van der Waals surface area contributed by atoms with Gasteiger partial charge in [0.25, 0.3) is 0 Å². The van der Waals surface area contributed by atoms with Gasteiger partial charge in [-0.2, -0.15) is 0 Å². The van der Waals surface area contributed by atoms with E-state index >= 15 is 0 Å². The highest BCUT2D eigenvalue weighted by Gasteiger charge is 2.53. The van der Waals surface area contributed by atoms with Gasteiger partial charge < -0.3 is 18.8 Å². The van der Waals surface area contributed by atoms with Crippen LogP contribution in [0, 0.1) is 11.6 Å². The van der Waals surface area contributed by atoms with Crippen molar-refractivity contribution in [1.29, 1.82) is 0 Å². The van der Waals surface area contributed by atoms with Crippen LogP contribution < -0.4 is 10.2 Å². The average molecular weight is 340 g/mol. The van der Waals surface area contributed by atoms with Crippen molar-refractivity contribution in [2.45, 2.75) is 64.4 Å². The molecule has 0 aliphatic carbocycles. The summed E-state index contributed by atoms with van der Waals surface area (Å²) in [6.45, 7) is 7.93. The molecular formula is C17H23BF2O4. The largest absolute Gasteiger partial charge is 0.500 e. The van der Waals surface area contributed by atoms with E-state index < -0.39 is 36.2 Å². The van der Waals surface area contributed by atoms with Gasteiger partial charge in [0.2, 0.25) is 0 Å². The van der Waals surface area contributed by atoms with Gasteiger partial charge in [-0.1, -0.05) is 0 Å². The van der Waals surface area contributed by atoms with Crippen LogP contribution in [0.3, 0.4) is 0 Å². The number of rotatable bonds is 3. The van der Waals surface area contributed by atoms with Crippen LogP contribution >= 0.6 is 0 Å². The molecular weight excluding hydrogens is 317 g/mol. The molecule has 1 aromatic carbocycles. The zero-order chi connectivity index (χ0) is 17.5. The molecule has 132 valence electrons. The van der Waals surface area contributed by atoms with Crippen LogP contribution in [0.4, 0.5) is 8.78 Å². The summed E-state index contributed by atoms with van der Waals surface area (Å²) in [7, 11) is -1.09. The summed E-state index contributed by atoms with van der Waals surface area (Å²) in [6.07, 6.45) is 2.20. The summed E-state index contributed by atoms with van der Waals surface area (Å²) < 4.78 is 51.4. The lowest BCUT2D eigenvalue weighted by molar-refractivity contribution is -0.106. The molecule has 3 rings (SSSR count). The van der Waals surface area contributed by atoms with Crippen molar-refractivity contribution >= 4 is 12.6 Å². The zero-order valence-electron chi connectivity index (χ0n) is 14.5. The fourth-order valence-corrected chi connectivity index (χ4v) is 2.77. The topological polar surface area (TPSA) is 36.9 Å². The predicted octanol–water partition coefficient (Wildman–Crippen LogP) is 3.17. The lowest BCUT2D eigenvalue weighted by atomic mass is 9.78. The lowest BCUT2D eigenvalue weighted by Crippen LogP contribution is -2.41. The maximum atomic E-state index is 14.5. The molecule has 2 aliphatic heterocycles. The molecule has 0 spiro atoms. The molecule has 2 heterocycles. The Morgan fingerprint density at radius 2 is 1.62 bits per heavy atom. The summed E-state index contributed by atoms with van der Waals surface area (Å²) in [5.41, 5.74) is -1.56. The van der Waals surface area contributed by atoms with E-state index in [9.17, 15) is 8.78 Å². The molecule has 0 aromatic heterocycles. The number of halogens is 2. The standard InChI is InChI=1S/C17H23BF2O4/c1-16(2)17(3,4)24-18(23-16)15-12(19)9-11(10-13(15)20)22-14-7-5-6-8-21-14/h9-10,14H,5-8H2,1-4H3. The van der Waals surface area contributed by atoms with E-state index in [-0.39, 0.29) is 11.2 Å². The molecule has 0 radical (unpaired) electrons. The molecule has 0 amide bonds. The van der Waals surface area contributed by atoms with Crippen molar-refractivity contribution in [3.8, 4) is 5.75 Å². The molecule has 2 aliphatic rings. The van der Waals surface area contributed by atoms with Gasteiger partial charge in [0, 0.05) is 18.6 Å². The Morgan fingerprint density at radius 1 is 1.04 bits per heavy atom. The highest BCUT2D eigenvalue weighted by molar-refractivity contribution is 6.62. The summed E-state index contributed by atoms with van der Waals surface area (Å²) >= 11 is 0. The molecule has 2 saturated heterocycles. The Hall–Kier alpha value is -1.18. The van der Waals surface area contributed by atoms with Crippen LogP contribution in [0.25, 0.3) is 0 Å². The van der Waals surface area contributed by atoms with Crippen LogP contribution in [0.1, 0.15) is 47.0 Å². The van der Waals surface area contributed by atoms with E-state index in [1.165, 1.54) is 0 Å². The first-order chi connectivity index (χ1) is 11.2. The van der Waals surface area contributed by atoms with E-state index in [1.54, 1.807) is 0 Å². The van der Waals surface area contributed by atoms with Crippen LogP contribution in [0.15, 0.2) is 12.1 Å². The van der Waals surface area contributed by atoms with Crippen LogP contribution in [0.2, 0.25) is 0 Å². The highest BCUT2D eigenvalue weighted by Crippen LogP contribution is 2.37. The minimum atomic E-state index is -1.09. The molecule has 0 N–H and O–H groups in total. The SMILES string of the molecule is CC1(C)OB(c2c(F)cc(OC3CCCCO3)cc2F)OC1(C)C. The van der Waals surface area contributed by atoms with Crippen LogP contribution in [0.5, 0.6) is 5.75 Å². The maximum absolute atomic E-state index is 14.5. The first-order valence-electron chi connectivity index (χ1n) is 8.32. The Labute approximate surface area is 141 Å². The second-order valence-corrected chi connectivity index (χ2v) is 7.30. The molecule has 1 unspecified atom stereocenters. The summed E-state index contributed by atoms with van der Waals surface area (Å²) in [5.74, 6) is -1.39. The summed E-state index contributed by atoms with van der Waals surface area (Å²) in [6, 6.07) is 2.31. The summed E-state index contributed by atoms with van der Waals surface area (Å²) in [4.78, 5) is 0. The molecule has 2 fully saturated rings. The minimum Gasteiger partial charge on any atom is -0.465 e. The van der Waals surface area contributed by atoms with Gasteiger partial charge in [0.15, 0.2) is 6.29 Å². The first-order valence-corrected chi connectivity index (χ1v) is 8.32. The Balaban J connectivity index is 1.80. The molecule has 0 saturated carbocycles. The number of hydrogen-bond donors (Lipinski definition) is 0. The number of ether oxygens (including phenoxy) is 2. The fourth-order valence-electron chi connectivity index (χ4n) is 2.77. The smallest absolute Gasteiger partial charge is 0.465 e. The van der Waals surface area contributed by atoms with Crippen LogP contribution in [-0.2, 0) is 14.0 Å². The molecule has 4 nitrogen and oxygen atoms in total. The Kier molecular flexibility index (Phi) is 4.62. The molecule has 0 bridgehead atoms. The third kappa shape index (κ3) is 3.30. The van der Waals surface area contributed by atoms with Gasteiger partial charge in [-0.15, -0.1) is 0 Å². The van der Waals surface area contributed by atoms with Gasteiger partial charge in [-0.3, -0.25) is 0 Å². The quantitative estimate of drug-likeness (QED) is 0.792. The van der Waals surface area contributed by atoms with E-state index in [0.29, 0.717) is 13.0 Å².